The fourth-order valence-corrected chi connectivity index (χ4v) is 3.57. The van der Waals surface area contributed by atoms with Gasteiger partial charge >= 0.3 is 5.97 Å². The van der Waals surface area contributed by atoms with Gasteiger partial charge in [-0.2, -0.15) is 0 Å². The Bertz CT molecular complexity index is 570. The lowest BCUT2D eigenvalue weighted by Gasteiger charge is -2.33. The number of rotatable bonds is 2. The van der Waals surface area contributed by atoms with Crippen molar-refractivity contribution in [1.29, 1.82) is 0 Å². The van der Waals surface area contributed by atoms with Gasteiger partial charge in [-0.3, -0.25) is 0 Å². The van der Waals surface area contributed by atoms with Gasteiger partial charge in [0.25, 0.3) is 0 Å². The number of anilines is 1. The second-order valence-corrected chi connectivity index (χ2v) is 6.64. The van der Waals surface area contributed by atoms with E-state index in [4.69, 9.17) is 0 Å². The Kier molecular flexibility index (Phi) is 3.70. The lowest BCUT2D eigenvalue weighted by molar-refractivity contribution is 0.0593. The molecule has 1 aliphatic heterocycles. The van der Waals surface area contributed by atoms with Gasteiger partial charge in [0, 0.05) is 12.6 Å². The van der Waals surface area contributed by atoms with Crippen LogP contribution in [0.25, 0.3) is 0 Å². The number of carbonyl (C=O) groups excluding carboxylic acids is 1. The highest BCUT2D eigenvalue weighted by molar-refractivity contribution is 7.91. The van der Waals surface area contributed by atoms with Crippen LogP contribution in [0.5, 0.6) is 0 Å². The molecule has 1 saturated heterocycles. The molecule has 0 amide bonds. The predicted molar refractivity (Wildman–Crippen MR) is 68.8 cm³/mol. The van der Waals surface area contributed by atoms with Crippen LogP contribution < -0.4 is 4.90 Å². The summed E-state index contributed by atoms with van der Waals surface area (Å²) in [7, 11) is -1.69. The van der Waals surface area contributed by atoms with Crippen molar-refractivity contribution in [3.8, 4) is 0 Å². The number of ether oxygens (including phenoxy) is 1. The van der Waals surface area contributed by atoms with E-state index in [1.807, 2.05) is 11.8 Å². The topological polar surface area (TPSA) is 89.5 Å². The molecule has 0 aromatic carbocycles. The third-order valence-corrected chi connectivity index (χ3v) is 4.79. The summed E-state index contributed by atoms with van der Waals surface area (Å²) in [6.07, 6.45) is 2.79. The van der Waals surface area contributed by atoms with Crippen LogP contribution in [0.4, 0.5) is 5.82 Å². The normalized spacial score (nSPS) is 22.0. The summed E-state index contributed by atoms with van der Waals surface area (Å²) in [4.78, 5) is 21.2. The van der Waals surface area contributed by atoms with Crippen LogP contribution in [-0.2, 0) is 14.6 Å². The summed E-state index contributed by atoms with van der Waals surface area (Å²) >= 11 is 0. The molecule has 0 aliphatic carbocycles. The van der Waals surface area contributed by atoms with E-state index in [2.05, 4.69) is 14.7 Å². The highest BCUT2D eigenvalue weighted by Gasteiger charge is 2.29. The number of esters is 1. The molecule has 0 spiro atoms. The number of carbonyl (C=O) groups is 1. The van der Waals surface area contributed by atoms with E-state index >= 15 is 0 Å². The second-order valence-electron chi connectivity index (χ2n) is 4.41. The van der Waals surface area contributed by atoms with E-state index in [9.17, 15) is 13.2 Å². The molecule has 104 valence electrons. The van der Waals surface area contributed by atoms with Gasteiger partial charge in [-0.1, -0.05) is 0 Å². The van der Waals surface area contributed by atoms with Crippen molar-refractivity contribution < 1.29 is 17.9 Å². The number of nitrogens with zero attached hydrogens (tertiary/aromatic N) is 3. The summed E-state index contributed by atoms with van der Waals surface area (Å²) in [5.74, 6) is 0.231. The molecule has 1 fully saturated rings. The summed E-state index contributed by atoms with van der Waals surface area (Å²) in [6.45, 7) is 2.21. The number of sulfone groups is 1. The lowest BCUT2D eigenvalue weighted by atomic mass is 10.3. The van der Waals surface area contributed by atoms with Crippen molar-refractivity contribution in [1.82, 2.24) is 9.97 Å². The SMILES string of the molecule is COC(=O)c1cnc(N2CCS(=O)(=O)CC2C)cn1. The standard InChI is InChI=1S/C11H15N3O4S/c1-8-7-19(16,17)4-3-14(8)10-6-12-9(5-13-10)11(15)18-2/h5-6,8H,3-4,7H2,1-2H3. The molecule has 1 aromatic rings. The van der Waals surface area contributed by atoms with Crippen molar-refractivity contribution >= 4 is 21.6 Å². The van der Waals surface area contributed by atoms with E-state index in [1.54, 1.807) is 0 Å². The minimum absolute atomic E-state index is 0.105. The van der Waals surface area contributed by atoms with E-state index < -0.39 is 15.8 Å². The number of hydrogen-bond acceptors (Lipinski definition) is 7. The van der Waals surface area contributed by atoms with Crippen LogP contribution in [0.15, 0.2) is 12.4 Å². The first-order valence-electron chi connectivity index (χ1n) is 5.80. The van der Waals surface area contributed by atoms with E-state index in [0.29, 0.717) is 12.4 Å². The van der Waals surface area contributed by atoms with E-state index in [1.165, 1.54) is 19.5 Å². The number of methoxy groups -OCH3 is 1. The number of aromatic nitrogens is 2. The summed E-state index contributed by atoms with van der Waals surface area (Å²) in [5, 5.41) is 0. The molecule has 2 heterocycles. The zero-order valence-corrected chi connectivity index (χ0v) is 11.6. The van der Waals surface area contributed by atoms with Crippen molar-refractivity contribution in [3.05, 3.63) is 18.1 Å². The Morgan fingerprint density at radius 3 is 2.68 bits per heavy atom. The highest BCUT2D eigenvalue weighted by atomic mass is 32.2. The van der Waals surface area contributed by atoms with Crippen LogP contribution in [0.3, 0.4) is 0 Å². The minimum Gasteiger partial charge on any atom is -0.464 e. The Morgan fingerprint density at radius 2 is 2.16 bits per heavy atom. The summed E-state index contributed by atoms with van der Waals surface area (Å²) < 4.78 is 27.5. The minimum atomic E-state index is -2.96. The molecule has 19 heavy (non-hydrogen) atoms. The maximum Gasteiger partial charge on any atom is 0.358 e. The van der Waals surface area contributed by atoms with Gasteiger partial charge in [0.15, 0.2) is 15.5 Å². The number of hydrogen-bond donors (Lipinski definition) is 0. The first kappa shape index (κ1) is 13.7. The maximum absolute atomic E-state index is 11.5. The Morgan fingerprint density at radius 1 is 1.42 bits per heavy atom. The van der Waals surface area contributed by atoms with Gasteiger partial charge < -0.3 is 9.64 Å². The van der Waals surface area contributed by atoms with Crippen molar-refractivity contribution in [2.45, 2.75) is 13.0 Å². The highest BCUT2D eigenvalue weighted by Crippen LogP contribution is 2.18. The first-order chi connectivity index (χ1) is 8.93. The summed E-state index contributed by atoms with van der Waals surface area (Å²) in [5.41, 5.74) is 0.128. The van der Waals surface area contributed by atoms with Crippen LogP contribution >= 0.6 is 0 Å². The maximum atomic E-state index is 11.5. The van der Waals surface area contributed by atoms with Gasteiger partial charge in [-0.25, -0.2) is 23.2 Å². The molecule has 1 atom stereocenters. The van der Waals surface area contributed by atoms with Gasteiger partial charge in [0.2, 0.25) is 0 Å². The molecule has 0 radical (unpaired) electrons. The predicted octanol–water partition coefficient (Wildman–Crippen LogP) is -0.114. The Hall–Kier alpha value is -1.70. The van der Waals surface area contributed by atoms with Crippen molar-refractivity contribution in [3.63, 3.8) is 0 Å². The summed E-state index contributed by atoms with van der Waals surface area (Å²) in [6, 6.07) is -0.156. The third-order valence-electron chi connectivity index (χ3n) is 3.00. The first-order valence-corrected chi connectivity index (χ1v) is 7.62. The molecule has 1 unspecified atom stereocenters. The van der Waals surface area contributed by atoms with Gasteiger partial charge in [0.1, 0.15) is 5.82 Å². The molecule has 0 saturated carbocycles. The van der Waals surface area contributed by atoms with Gasteiger partial charge in [-0.05, 0) is 6.92 Å². The molecule has 2 rings (SSSR count). The third kappa shape index (κ3) is 3.01. The van der Waals surface area contributed by atoms with Crippen LogP contribution in [0.2, 0.25) is 0 Å². The quantitative estimate of drug-likeness (QED) is 0.700. The average Bonchev–Trinajstić information content (AvgIpc) is 2.37. The van der Waals surface area contributed by atoms with E-state index in [-0.39, 0.29) is 23.2 Å². The molecular weight excluding hydrogens is 270 g/mol. The monoisotopic (exact) mass is 285 g/mol. The molecule has 1 aromatic heterocycles. The van der Waals surface area contributed by atoms with Crippen molar-refractivity contribution in [2.75, 3.05) is 30.1 Å². The Balaban J connectivity index is 2.17. The molecular formula is C11H15N3O4S. The lowest BCUT2D eigenvalue weighted by Crippen LogP contribution is -2.47. The largest absolute Gasteiger partial charge is 0.464 e. The smallest absolute Gasteiger partial charge is 0.358 e. The van der Waals surface area contributed by atoms with Crippen molar-refractivity contribution in [2.24, 2.45) is 0 Å². The van der Waals surface area contributed by atoms with Crippen LogP contribution in [0, 0.1) is 0 Å². The molecule has 8 heteroatoms. The van der Waals surface area contributed by atoms with E-state index in [0.717, 1.165) is 0 Å². The second kappa shape index (κ2) is 5.12. The fourth-order valence-electron chi connectivity index (χ4n) is 2.02. The van der Waals surface area contributed by atoms with Crippen LogP contribution in [0.1, 0.15) is 17.4 Å². The van der Waals surface area contributed by atoms with Gasteiger partial charge in [-0.15, -0.1) is 0 Å². The average molecular weight is 285 g/mol. The molecule has 0 bridgehead atoms. The zero-order valence-electron chi connectivity index (χ0n) is 10.7. The molecule has 7 nitrogen and oxygen atoms in total. The fraction of sp³-hybridized carbons (Fsp3) is 0.545. The molecule has 0 N–H and O–H groups in total. The zero-order chi connectivity index (χ0) is 14.0. The molecule has 1 aliphatic rings. The Labute approximate surface area is 111 Å². The van der Waals surface area contributed by atoms with Crippen LogP contribution in [-0.4, -0.2) is 55.6 Å². The van der Waals surface area contributed by atoms with Gasteiger partial charge in [0.05, 0.1) is 31.0 Å².